The van der Waals surface area contributed by atoms with Crippen molar-refractivity contribution in [3.8, 4) is 11.1 Å². The average Bonchev–Trinajstić information content (AvgIpc) is 3.44. The van der Waals surface area contributed by atoms with Crippen LogP contribution in [0.15, 0.2) is 48.5 Å². The van der Waals surface area contributed by atoms with Gasteiger partial charge >= 0.3 is 12.1 Å². The molecule has 1 aliphatic heterocycles. The van der Waals surface area contributed by atoms with Gasteiger partial charge in [-0.05, 0) is 35.1 Å². The van der Waals surface area contributed by atoms with E-state index in [4.69, 9.17) is 14.6 Å². The molecule has 8 nitrogen and oxygen atoms in total. The molecular formula is C26H30N2O6. The van der Waals surface area contributed by atoms with E-state index < -0.39 is 18.0 Å². The van der Waals surface area contributed by atoms with Gasteiger partial charge < -0.3 is 25.2 Å². The molecule has 180 valence electrons. The van der Waals surface area contributed by atoms with E-state index in [1.165, 1.54) is 11.1 Å². The Hall–Kier alpha value is -3.39. The highest BCUT2D eigenvalue weighted by Crippen LogP contribution is 2.44. The van der Waals surface area contributed by atoms with Crippen LogP contribution in [0, 0.1) is 11.8 Å². The quantitative estimate of drug-likeness (QED) is 0.523. The zero-order chi connectivity index (χ0) is 24.1. The van der Waals surface area contributed by atoms with Crippen LogP contribution < -0.4 is 10.6 Å². The highest BCUT2D eigenvalue weighted by Gasteiger charge is 2.32. The van der Waals surface area contributed by atoms with E-state index in [-0.39, 0.29) is 43.6 Å². The van der Waals surface area contributed by atoms with Crippen LogP contribution in [-0.2, 0) is 19.1 Å². The first kappa shape index (κ1) is 23.8. The highest BCUT2D eigenvalue weighted by molar-refractivity contribution is 5.80. The summed E-state index contributed by atoms with van der Waals surface area (Å²) >= 11 is 0. The maximum absolute atomic E-state index is 12.3. The third-order valence-electron chi connectivity index (χ3n) is 6.57. The molecule has 2 aliphatic rings. The van der Waals surface area contributed by atoms with Crippen molar-refractivity contribution in [3.63, 3.8) is 0 Å². The summed E-state index contributed by atoms with van der Waals surface area (Å²) in [6.45, 7) is 2.70. The molecule has 1 aliphatic carbocycles. The molecule has 0 radical (unpaired) electrons. The van der Waals surface area contributed by atoms with E-state index in [2.05, 4.69) is 34.9 Å². The standard InChI is InChI=1S/C26H30N2O6/c1-16(25(30)31)10-11-27-24(29)17-12-18(33-14-17)13-28-26(32)34-15-23-21-8-4-2-6-19(21)20-7-3-5-9-22(20)23/h2-9,16-18,23H,10-15H2,1H3,(H,27,29)(H,28,32)(H,30,31)/t16?,17-,18-/m0/s1. The monoisotopic (exact) mass is 466 g/mol. The van der Waals surface area contributed by atoms with Gasteiger partial charge in [0.2, 0.25) is 5.91 Å². The molecule has 3 atom stereocenters. The Balaban J connectivity index is 1.20. The number of nitrogens with one attached hydrogen (secondary N) is 2. The van der Waals surface area contributed by atoms with Crippen molar-refractivity contribution in [2.45, 2.75) is 31.8 Å². The fourth-order valence-electron chi connectivity index (χ4n) is 4.56. The smallest absolute Gasteiger partial charge is 0.407 e. The number of carboxylic acids is 1. The molecule has 1 saturated heterocycles. The Morgan fingerprint density at radius 1 is 1.06 bits per heavy atom. The van der Waals surface area contributed by atoms with Crippen LogP contribution in [0.2, 0.25) is 0 Å². The molecule has 0 saturated carbocycles. The van der Waals surface area contributed by atoms with E-state index in [9.17, 15) is 14.4 Å². The van der Waals surface area contributed by atoms with Gasteiger partial charge in [-0.15, -0.1) is 0 Å². The van der Waals surface area contributed by atoms with Crippen molar-refractivity contribution in [3.05, 3.63) is 59.7 Å². The Bertz CT molecular complexity index is 1010. The van der Waals surface area contributed by atoms with Crippen LogP contribution in [0.1, 0.15) is 36.8 Å². The number of hydrogen-bond acceptors (Lipinski definition) is 5. The summed E-state index contributed by atoms with van der Waals surface area (Å²) in [6, 6.07) is 16.3. The number of aliphatic carboxylic acids is 1. The molecule has 1 fully saturated rings. The summed E-state index contributed by atoms with van der Waals surface area (Å²) in [5.41, 5.74) is 4.66. The van der Waals surface area contributed by atoms with Crippen LogP contribution in [0.25, 0.3) is 11.1 Å². The highest BCUT2D eigenvalue weighted by atomic mass is 16.5. The van der Waals surface area contributed by atoms with Crippen LogP contribution in [0.3, 0.4) is 0 Å². The van der Waals surface area contributed by atoms with Crippen LogP contribution in [0.4, 0.5) is 4.79 Å². The lowest BCUT2D eigenvalue weighted by atomic mass is 9.98. The van der Waals surface area contributed by atoms with Crippen molar-refractivity contribution >= 4 is 18.0 Å². The Morgan fingerprint density at radius 2 is 1.71 bits per heavy atom. The molecule has 2 aromatic rings. The van der Waals surface area contributed by atoms with Gasteiger partial charge in [0.1, 0.15) is 6.61 Å². The van der Waals surface area contributed by atoms with Crippen molar-refractivity contribution in [2.75, 3.05) is 26.3 Å². The third-order valence-corrected chi connectivity index (χ3v) is 6.57. The van der Waals surface area contributed by atoms with E-state index in [0.717, 1.165) is 11.1 Å². The van der Waals surface area contributed by atoms with Gasteiger partial charge in [0.05, 0.1) is 24.5 Å². The average molecular weight is 467 g/mol. The molecule has 2 amide bonds. The minimum atomic E-state index is -0.877. The Labute approximate surface area is 198 Å². The fourth-order valence-corrected chi connectivity index (χ4v) is 4.56. The summed E-state index contributed by atoms with van der Waals surface area (Å²) in [5, 5.41) is 14.4. The van der Waals surface area contributed by atoms with Gasteiger partial charge in [0.25, 0.3) is 0 Å². The zero-order valence-electron chi connectivity index (χ0n) is 19.2. The first-order valence-electron chi connectivity index (χ1n) is 11.6. The van der Waals surface area contributed by atoms with Crippen molar-refractivity contribution < 1.29 is 29.0 Å². The zero-order valence-corrected chi connectivity index (χ0v) is 19.2. The van der Waals surface area contributed by atoms with Gasteiger partial charge in [-0.25, -0.2) is 4.79 Å². The van der Waals surface area contributed by atoms with Crippen molar-refractivity contribution in [1.82, 2.24) is 10.6 Å². The summed E-state index contributed by atoms with van der Waals surface area (Å²) in [5.74, 6) is -1.85. The second-order valence-corrected chi connectivity index (χ2v) is 8.91. The van der Waals surface area contributed by atoms with E-state index in [1.807, 2.05) is 24.3 Å². The largest absolute Gasteiger partial charge is 0.481 e. The number of carbonyl (C=O) groups excluding carboxylic acids is 2. The molecule has 1 heterocycles. The summed E-state index contributed by atoms with van der Waals surface area (Å²) in [7, 11) is 0. The maximum atomic E-state index is 12.3. The summed E-state index contributed by atoms with van der Waals surface area (Å²) in [6.07, 6.45) is 0.0842. The minimum absolute atomic E-state index is 0.00203. The molecule has 0 aromatic heterocycles. The first-order chi connectivity index (χ1) is 16.4. The summed E-state index contributed by atoms with van der Waals surface area (Å²) < 4.78 is 11.2. The fraction of sp³-hybridized carbons (Fsp3) is 0.423. The van der Waals surface area contributed by atoms with E-state index in [1.54, 1.807) is 6.92 Å². The number of amides is 2. The number of carbonyl (C=O) groups is 3. The molecule has 8 heteroatoms. The Kier molecular flexibility index (Phi) is 7.47. The molecule has 3 N–H and O–H groups in total. The molecule has 0 bridgehead atoms. The topological polar surface area (TPSA) is 114 Å². The second-order valence-electron chi connectivity index (χ2n) is 8.91. The molecule has 0 spiro atoms. The normalized spacial score (nSPS) is 19.7. The third kappa shape index (κ3) is 5.39. The lowest BCUT2D eigenvalue weighted by molar-refractivity contribution is -0.141. The van der Waals surface area contributed by atoms with Crippen LogP contribution in [0.5, 0.6) is 0 Å². The predicted octanol–water partition coefficient (Wildman–Crippen LogP) is 3.16. The van der Waals surface area contributed by atoms with Crippen molar-refractivity contribution in [1.29, 1.82) is 0 Å². The van der Waals surface area contributed by atoms with Crippen LogP contribution >= 0.6 is 0 Å². The number of carboxylic acid groups (broad SMARTS) is 1. The lowest BCUT2D eigenvalue weighted by Crippen LogP contribution is -2.34. The van der Waals surface area contributed by atoms with Gasteiger partial charge in [0.15, 0.2) is 0 Å². The van der Waals surface area contributed by atoms with Gasteiger partial charge in [-0.2, -0.15) is 0 Å². The molecule has 2 aromatic carbocycles. The molecule has 4 rings (SSSR count). The number of hydrogen-bond donors (Lipinski definition) is 3. The number of rotatable bonds is 9. The first-order valence-corrected chi connectivity index (χ1v) is 11.6. The minimum Gasteiger partial charge on any atom is -0.481 e. The van der Waals surface area contributed by atoms with E-state index in [0.29, 0.717) is 19.4 Å². The maximum Gasteiger partial charge on any atom is 0.407 e. The van der Waals surface area contributed by atoms with Crippen molar-refractivity contribution in [2.24, 2.45) is 11.8 Å². The van der Waals surface area contributed by atoms with Gasteiger partial charge in [-0.1, -0.05) is 55.5 Å². The van der Waals surface area contributed by atoms with E-state index >= 15 is 0 Å². The van der Waals surface area contributed by atoms with Gasteiger partial charge in [0, 0.05) is 19.0 Å². The number of fused-ring (bicyclic) bond motifs is 3. The lowest BCUT2D eigenvalue weighted by Gasteiger charge is -2.16. The summed E-state index contributed by atoms with van der Waals surface area (Å²) in [4.78, 5) is 35.5. The number of ether oxygens (including phenoxy) is 2. The predicted molar refractivity (Wildman–Crippen MR) is 125 cm³/mol. The molecule has 1 unspecified atom stereocenters. The Morgan fingerprint density at radius 3 is 2.35 bits per heavy atom. The number of benzene rings is 2. The van der Waals surface area contributed by atoms with Gasteiger partial charge in [-0.3, -0.25) is 9.59 Å². The number of alkyl carbamates (subject to hydrolysis) is 1. The molecular weight excluding hydrogens is 436 g/mol. The molecule has 34 heavy (non-hydrogen) atoms. The van der Waals surface area contributed by atoms with Crippen LogP contribution in [-0.4, -0.2) is 55.5 Å². The SMILES string of the molecule is CC(CCNC(=O)[C@@H]1CO[C@H](CNC(=O)OCC2c3ccccc3-c3ccccc32)C1)C(=O)O. The second kappa shape index (κ2) is 10.7.